The first-order valence-electron chi connectivity index (χ1n) is 7.72. The van der Waals surface area contributed by atoms with Gasteiger partial charge in [0.2, 0.25) is 0 Å². The van der Waals surface area contributed by atoms with Gasteiger partial charge >= 0.3 is 0 Å². The van der Waals surface area contributed by atoms with Crippen molar-refractivity contribution in [2.24, 2.45) is 5.41 Å². The molecule has 1 heterocycles. The normalized spacial score (nSPS) is 39.5. The van der Waals surface area contributed by atoms with Crippen molar-refractivity contribution in [3.8, 4) is 0 Å². The molecule has 3 atom stereocenters. The lowest BCUT2D eigenvalue weighted by atomic mass is 9.56. The summed E-state index contributed by atoms with van der Waals surface area (Å²) < 4.78 is 11.8. The summed E-state index contributed by atoms with van der Waals surface area (Å²) in [5, 5.41) is 10.1. The molecular formula is C15H26O3. The van der Waals surface area contributed by atoms with Gasteiger partial charge in [-0.05, 0) is 32.1 Å². The second-order valence-corrected chi connectivity index (χ2v) is 6.36. The maximum absolute atomic E-state index is 10.1. The van der Waals surface area contributed by atoms with E-state index in [4.69, 9.17) is 9.47 Å². The van der Waals surface area contributed by atoms with Crippen LogP contribution in [-0.4, -0.2) is 36.6 Å². The molecule has 2 saturated carbocycles. The Hall–Kier alpha value is -0.120. The fraction of sp³-hybridized carbons (Fsp3) is 1.00. The molecule has 1 N–H and O–H groups in total. The van der Waals surface area contributed by atoms with E-state index in [-0.39, 0.29) is 11.5 Å². The van der Waals surface area contributed by atoms with Gasteiger partial charge in [0.25, 0.3) is 0 Å². The summed E-state index contributed by atoms with van der Waals surface area (Å²) in [6, 6.07) is 0. The molecule has 3 aliphatic rings. The number of aliphatic hydroxyl groups is 1. The average Bonchev–Trinajstić information content (AvgIpc) is 2.45. The van der Waals surface area contributed by atoms with Crippen molar-refractivity contribution in [2.45, 2.75) is 76.1 Å². The van der Waals surface area contributed by atoms with E-state index in [1.54, 1.807) is 0 Å². The Morgan fingerprint density at radius 1 is 1.11 bits per heavy atom. The van der Waals surface area contributed by atoms with Gasteiger partial charge in [-0.25, -0.2) is 0 Å². The Balaban J connectivity index is 1.50. The van der Waals surface area contributed by atoms with Crippen molar-refractivity contribution in [3.05, 3.63) is 0 Å². The third kappa shape index (κ3) is 2.33. The van der Waals surface area contributed by atoms with E-state index in [9.17, 15) is 5.11 Å². The van der Waals surface area contributed by atoms with Gasteiger partial charge in [0.15, 0.2) is 0 Å². The Morgan fingerprint density at radius 2 is 1.94 bits per heavy atom. The molecule has 1 aliphatic heterocycles. The number of ether oxygens (including phenoxy) is 2. The molecule has 3 rings (SSSR count). The molecule has 1 spiro atoms. The largest absolute Gasteiger partial charge is 0.392 e. The van der Waals surface area contributed by atoms with Crippen LogP contribution in [0.3, 0.4) is 0 Å². The summed E-state index contributed by atoms with van der Waals surface area (Å²) in [6.07, 6.45) is 11.1. The first-order chi connectivity index (χ1) is 8.81. The molecule has 0 bridgehead atoms. The Kier molecular flexibility index (Phi) is 3.92. The first kappa shape index (κ1) is 12.9. The summed E-state index contributed by atoms with van der Waals surface area (Å²) in [6.45, 7) is 1.63. The van der Waals surface area contributed by atoms with Crippen LogP contribution in [-0.2, 0) is 9.47 Å². The highest BCUT2D eigenvalue weighted by atomic mass is 16.5. The lowest BCUT2D eigenvalue weighted by Gasteiger charge is -2.55. The number of hydrogen-bond acceptors (Lipinski definition) is 3. The van der Waals surface area contributed by atoms with E-state index in [1.807, 2.05) is 0 Å². The molecule has 104 valence electrons. The second-order valence-electron chi connectivity index (χ2n) is 6.36. The van der Waals surface area contributed by atoms with Crippen LogP contribution in [0.15, 0.2) is 0 Å². The van der Waals surface area contributed by atoms with E-state index in [1.165, 1.54) is 32.1 Å². The SMILES string of the molecule is OC1CC(OCC2CCCCO2)C12CCCCC2. The van der Waals surface area contributed by atoms with Gasteiger partial charge in [0.1, 0.15) is 0 Å². The molecule has 2 aliphatic carbocycles. The first-order valence-corrected chi connectivity index (χ1v) is 7.72. The van der Waals surface area contributed by atoms with Crippen molar-refractivity contribution in [2.75, 3.05) is 13.2 Å². The van der Waals surface area contributed by atoms with Gasteiger partial charge in [-0.2, -0.15) is 0 Å². The quantitative estimate of drug-likeness (QED) is 0.841. The van der Waals surface area contributed by atoms with Gasteiger partial charge in [-0.15, -0.1) is 0 Å². The topological polar surface area (TPSA) is 38.7 Å². The van der Waals surface area contributed by atoms with Gasteiger partial charge in [-0.1, -0.05) is 19.3 Å². The zero-order chi connectivity index (χ0) is 12.4. The second kappa shape index (κ2) is 5.48. The number of aliphatic hydroxyl groups excluding tert-OH is 1. The molecule has 0 aromatic rings. The van der Waals surface area contributed by atoms with Gasteiger partial charge < -0.3 is 14.6 Å². The highest BCUT2D eigenvalue weighted by Crippen LogP contribution is 2.53. The lowest BCUT2D eigenvalue weighted by Crippen LogP contribution is -2.59. The fourth-order valence-corrected chi connectivity index (χ4v) is 3.99. The average molecular weight is 254 g/mol. The molecule has 3 fully saturated rings. The number of hydrogen-bond donors (Lipinski definition) is 1. The summed E-state index contributed by atoms with van der Waals surface area (Å²) in [5.74, 6) is 0. The van der Waals surface area contributed by atoms with E-state index in [0.29, 0.717) is 12.2 Å². The third-order valence-corrected chi connectivity index (χ3v) is 5.28. The van der Waals surface area contributed by atoms with Crippen LogP contribution in [0.5, 0.6) is 0 Å². The smallest absolute Gasteiger partial charge is 0.0808 e. The molecule has 1 saturated heterocycles. The minimum atomic E-state index is -0.116. The summed E-state index contributed by atoms with van der Waals surface area (Å²) in [5.41, 5.74) is 0.104. The van der Waals surface area contributed by atoms with Crippen LogP contribution < -0.4 is 0 Å². The predicted molar refractivity (Wildman–Crippen MR) is 69.5 cm³/mol. The molecular weight excluding hydrogens is 228 g/mol. The van der Waals surface area contributed by atoms with Gasteiger partial charge in [0, 0.05) is 18.4 Å². The summed E-state index contributed by atoms with van der Waals surface area (Å²) in [4.78, 5) is 0. The van der Waals surface area contributed by atoms with E-state index in [2.05, 4.69) is 0 Å². The molecule has 0 aromatic carbocycles. The standard InChI is InChI=1S/C15H26O3/c16-13-10-14(15(13)7-3-1-4-8-15)18-11-12-6-2-5-9-17-12/h12-14,16H,1-11H2. The third-order valence-electron chi connectivity index (χ3n) is 5.28. The van der Waals surface area contributed by atoms with Crippen molar-refractivity contribution in [3.63, 3.8) is 0 Å². The monoisotopic (exact) mass is 254 g/mol. The van der Waals surface area contributed by atoms with E-state index >= 15 is 0 Å². The van der Waals surface area contributed by atoms with Crippen LogP contribution in [0.4, 0.5) is 0 Å². The summed E-state index contributed by atoms with van der Waals surface area (Å²) in [7, 11) is 0. The molecule has 0 aromatic heterocycles. The molecule has 18 heavy (non-hydrogen) atoms. The highest BCUT2D eigenvalue weighted by Gasteiger charge is 2.55. The molecule has 3 heteroatoms. The molecule has 3 unspecified atom stereocenters. The Morgan fingerprint density at radius 3 is 2.61 bits per heavy atom. The van der Waals surface area contributed by atoms with Gasteiger partial charge in [-0.3, -0.25) is 0 Å². The Labute approximate surface area is 110 Å². The van der Waals surface area contributed by atoms with E-state index in [0.717, 1.165) is 38.9 Å². The fourth-order valence-electron chi connectivity index (χ4n) is 3.99. The molecule has 3 nitrogen and oxygen atoms in total. The van der Waals surface area contributed by atoms with Crippen LogP contribution in [0.25, 0.3) is 0 Å². The van der Waals surface area contributed by atoms with Crippen LogP contribution in [0.1, 0.15) is 57.8 Å². The maximum Gasteiger partial charge on any atom is 0.0808 e. The van der Waals surface area contributed by atoms with Crippen LogP contribution >= 0.6 is 0 Å². The van der Waals surface area contributed by atoms with Crippen molar-refractivity contribution in [1.29, 1.82) is 0 Å². The van der Waals surface area contributed by atoms with Gasteiger partial charge in [0.05, 0.1) is 24.9 Å². The van der Waals surface area contributed by atoms with Crippen molar-refractivity contribution >= 4 is 0 Å². The minimum absolute atomic E-state index is 0.104. The van der Waals surface area contributed by atoms with Crippen LogP contribution in [0, 0.1) is 5.41 Å². The lowest BCUT2D eigenvalue weighted by molar-refractivity contribution is -0.217. The predicted octanol–water partition coefficient (Wildman–Crippen LogP) is 2.66. The molecule has 0 amide bonds. The number of rotatable bonds is 3. The zero-order valence-corrected chi connectivity index (χ0v) is 11.3. The zero-order valence-electron chi connectivity index (χ0n) is 11.3. The Bertz CT molecular complexity index is 267. The van der Waals surface area contributed by atoms with E-state index < -0.39 is 0 Å². The van der Waals surface area contributed by atoms with Crippen molar-refractivity contribution in [1.82, 2.24) is 0 Å². The highest BCUT2D eigenvalue weighted by molar-refractivity contribution is 5.05. The maximum atomic E-state index is 10.1. The molecule has 0 radical (unpaired) electrons. The van der Waals surface area contributed by atoms with Crippen molar-refractivity contribution < 1.29 is 14.6 Å². The van der Waals surface area contributed by atoms with Crippen LogP contribution in [0.2, 0.25) is 0 Å². The minimum Gasteiger partial charge on any atom is -0.392 e. The summed E-state index contributed by atoms with van der Waals surface area (Å²) >= 11 is 0.